The van der Waals surface area contributed by atoms with E-state index in [9.17, 15) is 18.0 Å². The minimum absolute atomic E-state index is 0.0219. The van der Waals surface area contributed by atoms with Crippen LogP contribution in [0.25, 0.3) is 6.08 Å². The smallest absolute Gasteiger partial charge is 0.407 e. The van der Waals surface area contributed by atoms with E-state index in [1.165, 1.54) is 24.3 Å². The Morgan fingerprint density at radius 3 is 2.47 bits per heavy atom. The topological polar surface area (TPSA) is 114 Å². The molecule has 8 nitrogen and oxygen atoms in total. The van der Waals surface area contributed by atoms with Crippen LogP contribution >= 0.6 is 11.6 Å². The maximum atomic E-state index is 12.5. The van der Waals surface area contributed by atoms with Crippen molar-refractivity contribution in [3.05, 3.63) is 65.2 Å². The Morgan fingerprint density at radius 1 is 1.06 bits per heavy atom. The average Bonchev–Trinajstić information content (AvgIpc) is 2.69. The van der Waals surface area contributed by atoms with Gasteiger partial charge >= 0.3 is 6.09 Å². The van der Waals surface area contributed by atoms with Gasteiger partial charge in [-0.15, -0.1) is 0 Å². The lowest BCUT2D eigenvalue weighted by Gasteiger charge is -2.19. The third-order valence-electron chi connectivity index (χ3n) is 3.77. The molecule has 0 saturated heterocycles. The first-order chi connectivity index (χ1) is 14.9. The van der Waals surface area contributed by atoms with E-state index in [1.54, 1.807) is 57.2 Å². The van der Waals surface area contributed by atoms with E-state index in [1.807, 2.05) is 0 Å². The molecule has 0 spiro atoms. The molecule has 10 heteroatoms. The molecule has 0 aliphatic heterocycles. The summed E-state index contributed by atoms with van der Waals surface area (Å²) in [5.41, 5.74) is 0.436. The van der Waals surface area contributed by atoms with Crippen LogP contribution in [0.3, 0.4) is 0 Å². The van der Waals surface area contributed by atoms with E-state index in [2.05, 4.69) is 15.4 Å². The maximum Gasteiger partial charge on any atom is 0.407 e. The van der Waals surface area contributed by atoms with Gasteiger partial charge in [0.2, 0.25) is 15.9 Å². The van der Waals surface area contributed by atoms with Gasteiger partial charge in [0.1, 0.15) is 5.60 Å². The first-order valence-corrected chi connectivity index (χ1v) is 11.6. The zero-order valence-electron chi connectivity index (χ0n) is 18.0. The Morgan fingerprint density at radius 2 is 1.78 bits per heavy atom. The number of anilines is 1. The van der Waals surface area contributed by atoms with Crippen molar-refractivity contribution in [3.63, 3.8) is 0 Å². The van der Waals surface area contributed by atoms with Crippen molar-refractivity contribution in [2.75, 3.05) is 18.4 Å². The van der Waals surface area contributed by atoms with Gasteiger partial charge in [-0.25, -0.2) is 17.9 Å². The van der Waals surface area contributed by atoms with E-state index in [0.717, 1.165) is 5.56 Å². The highest BCUT2D eigenvalue weighted by Gasteiger charge is 2.17. The van der Waals surface area contributed by atoms with Gasteiger partial charge in [-0.1, -0.05) is 29.8 Å². The molecule has 0 bridgehead atoms. The van der Waals surface area contributed by atoms with Crippen molar-refractivity contribution in [3.8, 4) is 0 Å². The van der Waals surface area contributed by atoms with Gasteiger partial charge in [0.05, 0.1) is 4.90 Å². The molecule has 0 heterocycles. The number of ether oxygens (including phenoxy) is 1. The highest BCUT2D eigenvalue weighted by atomic mass is 35.5. The number of rotatable bonds is 8. The van der Waals surface area contributed by atoms with Crippen molar-refractivity contribution >= 4 is 45.4 Å². The normalized spacial score (nSPS) is 11.9. The standard InChI is InChI=1S/C22H26ClN3O5S/c1-22(2,3)31-21(28)24-12-13-25-32(29,30)19-9-5-8-18(15-19)26-20(27)11-10-16-6-4-7-17(23)14-16/h4-11,14-15,25H,12-13H2,1-3H3,(H,24,28)(H,26,27)/b11-10-. The van der Waals surface area contributed by atoms with Crippen LogP contribution < -0.4 is 15.4 Å². The fourth-order valence-corrected chi connectivity index (χ4v) is 3.73. The van der Waals surface area contributed by atoms with Gasteiger partial charge < -0.3 is 15.4 Å². The van der Waals surface area contributed by atoms with Gasteiger partial charge in [0, 0.05) is 29.9 Å². The fourth-order valence-electron chi connectivity index (χ4n) is 2.45. The predicted octanol–water partition coefficient (Wildman–Crippen LogP) is 3.79. The van der Waals surface area contributed by atoms with Gasteiger partial charge in [0.15, 0.2) is 0 Å². The number of carbonyl (C=O) groups is 2. The molecule has 3 N–H and O–H groups in total. The second kappa shape index (κ2) is 11.1. The first-order valence-electron chi connectivity index (χ1n) is 9.76. The number of halogens is 1. The Balaban J connectivity index is 1.91. The highest BCUT2D eigenvalue weighted by Crippen LogP contribution is 2.16. The largest absolute Gasteiger partial charge is 0.444 e. The lowest BCUT2D eigenvalue weighted by molar-refractivity contribution is -0.111. The van der Waals surface area contributed by atoms with Crippen molar-refractivity contribution in [2.24, 2.45) is 0 Å². The number of alkyl carbamates (subject to hydrolysis) is 1. The zero-order chi connectivity index (χ0) is 23.8. The highest BCUT2D eigenvalue weighted by molar-refractivity contribution is 7.89. The minimum atomic E-state index is -3.84. The van der Waals surface area contributed by atoms with E-state index < -0.39 is 27.6 Å². The summed E-state index contributed by atoms with van der Waals surface area (Å²) in [5, 5.41) is 5.64. The van der Waals surface area contributed by atoms with Gasteiger partial charge in [-0.05, 0) is 62.7 Å². The molecule has 2 aromatic rings. The van der Waals surface area contributed by atoms with Crippen molar-refractivity contribution in [2.45, 2.75) is 31.3 Å². The van der Waals surface area contributed by atoms with Crippen molar-refractivity contribution < 1.29 is 22.7 Å². The summed E-state index contributed by atoms with van der Waals surface area (Å²) in [7, 11) is -3.84. The molecular weight excluding hydrogens is 454 g/mol. The number of carbonyl (C=O) groups excluding carboxylic acids is 2. The Labute approximate surface area is 193 Å². The second-order valence-electron chi connectivity index (χ2n) is 7.73. The molecule has 0 atom stereocenters. The Kier molecular flexibility index (Phi) is 8.82. The molecule has 0 unspecified atom stereocenters. The summed E-state index contributed by atoms with van der Waals surface area (Å²) < 4.78 is 32.5. The molecule has 0 radical (unpaired) electrons. The quantitative estimate of drug-likeness (QED) is 0.393. The van der Waals surface area contributed by atoms with Crippen LogP contribution in [0.4, 0.5) is 10.5 Å². The summed E-state index contributed by atoms with van der Waals surface area (Å²) in [6.07, 6.45) is 2.29. The molecule has 0 saturated carbocycles. The molecule has 2 amide bonds. The molecule has 32 heavy (non-hydrogen) atoms. The van der Waals surface area contributed by atoms with Crippen molar-refractivity contribution in [1.82, 2.24) is 10.0 Å². The van der Waals surface area contributed by atoms with Crippen LogP contribution in [-0.4, -0.2) is 39.1 Å². The first kappa shape index (κ1) is 25.4. The Bertz CT molecular complexity index is 1090. The number of hydrogen-bond donors (Lipinski definition) is 3. The molecule has 0 fully saturated rings. The molecule has 0 aromatic heterocycles. The van der Waals surface area contributed by atoms with Gasteiger partial charge in [0.25, 0.3) is 0 Å². The summed E-state index contributed by atoms with van der Waals surface area (Å²) >= 11 is 5.91. The van der Waals surface area contributed by atoms with Gasteiger partial charge in [-0.3, -0.25) is 4.79 Å². The zero-order valence-corrected chi connectivity index (χ0v) is 19.6. The van der Waals surface area contributed by atoms with Crippen LogP contribution in [0.15, 0.2) is 59.5 Å². The molecule has 172 valence electrons. The van der Waals surface area contributed by atoms with E-state index in [4.69, 9.17) is 16.3 Å². The van der Waals surface area contributed by atoms with Crippen molar-refractivity contribution in [1.29, 1.82) is 0 Å². The third-order valence-corrected chi connectivity index (χ3v) is 5.47. The summed E-state index contributed by atoms with van der Waals surface area (Å²) in [6, 6.07) is 12.8. The monoisotopic (exact) mass is 479 g/mol. The fraction of sp³-hybridized carbons (Fsp3) is 0.273. The predicted molar refractivity (Wildman–Crippen MR) is 125 cm³/mol. The number of sulfonamides is 1. The molecule has 2 rings (SSSR count). The molecular formula is C22H26ClN3O5S. The van der Waals surface area contributed by atoms with Crippen LogP contribution in [0, 0.1) is 0 Å². The minimum Gasteiger partial charge on any atom is -0.444 e. The summed E-state index contributed by atoms with van der Waals surface area (Å²) in [5.74, 6) is -0.422. The summed E-state index contributed by atoms with van der Waals surface area (Å²) in [4.78, 5) is 23.7. The molecule has 0 aliphatic carbocycles. The maximum absolute atomic E-state index is 12.5. The van der Waals surface area contributed by atoms with Crippen LogP contribution in [0.1, 0.15) is 26.3 Å². The Hall–Kier alpha value is -2.88. The summed E-state index contributed by atoms with van der Waals surface area (Å²) in [6.45, 7) is 5.22. The lowest BCUT2D eigenvalue weighted by Crippen LogP contribution is -2.37. The molecule has 0 aliphatic rings. The van der Waals surface area contributed by atoms with E-state index >= 15 is 0 Å². The average molecular weight is 480 g/mol. The van der Waals surface area contributed by atoms with E-state index in [-0.39, 0.29) is 18.0 Å². The number of nitrogens with one attached hydrogen (secondary N) is 3. The van der Waals surface area contributed by atoms with Crippen LogP contribution in [0.5, 0.6) is 0 Å². The number of hydrogen-bond acceptors (Lipinski definition) is 5. The van der Waals surface area contributed by atoms with E-state index in [0.29, 0.717) is 10.7 Å². The second-order valence-corrected chi connectivity index (χ2v) is 9.94. The van der Waals surface area contributed by atoms with Crippen LogP contribution in [0.2, 0.25) is 5.02 Å². The number of amides is 2. The molecule has 2 aromatic carbocycles. The lowest BCUT2D eigenvalue weighted by atomic mass is 10.2. The SMILES string of the molecule is CC(C)(C)OC(=O)NCCNS(=O)(=O)c1cccc(NC(=O)/C=C\c2cccc(Cl)c2)c1. The number of benzene rings is 2. The van der Waals surface area contributed by atoms with Crippen LogP contribution in [-0.2, 0) is 19.6 Å². The third kappa shape index (κ3) is 9.09. The van der Waals surface area contributed by atoms with Gasteiger partial charge in [-0.2, -0.15) is 0 Å².